The van der Waals surface area contributed by atoms with E-state index in [9.17, 15) is 13.2 Å². The molecule has 4 rings (SSSR count). The Bertz CT molecular complexity index is 803. The highest BCUT2D eigenvalue weighted by molar-refractivity contribution is 5.89. The van der Waals surface area contributed by atoms with Gasteiger partial charge in [-0.25, -0.2) is 4.98 Å². The number of nitrogen functional groups attached to an aromatic ring is 1. The molecule has 6 nitrogen and oxygen atoms in total. The molecule has 2 aliphatic rings. The van der Waals surface area contributed by atoms with Crippen LogP contribution in [0.5, 0.6) is 0 Å². The third-order valence-electron chi connectivity index (χ3n) is 5.24. The van der Waals surface area contributed by atoms with Crippen molar-refractivity contribution < 1.29 is 17.6 Å². The summed E-state index contributed by atoms with van der Waals surface area (Å²) in [6.07, 6.45) is -3.06. The lowest BCUT2D eigenvalue weighted by molar-refractivity contribution is -0.177. The molecule has 2 aromatic heterocycles. The van der Waals surface area contributed by atoms with Gasteiger partial charge < -0.3 is 20.4 Å². The number of nitrogens with two attached hydrogens (primary N) is 1. The number of halogens is 3. The van der Waals surface area contributed by atoms with E-state index in [4.69, 9.17) is 10.2 Å². The highest BCUT2D eigenvalue weighted by Crippen LogP contribution is 2.42. The molecule has 136 valence electrons. The summed E-state index contributed by atoms with van der Waals surface area (Å²) in [5.74, 6) is -0.131. The summed E-state index contributed by atoms with van der Waals surface area (Å²) in [7, 11) is 1.90. The zero-order valence-electron chi connectivity index (χ0n) is 13.9. The van der Waals surface area contributed by atoms with Crippen LogP contribution < -0.4 is 16.0 Å². The largest absolute Gasteiger partial charge is 0.455 e. The molecule has 1 aliphatic carbocycles. The highest BCUT2D eigenvalue weighted by Gasteiger charge is 2.43. The molecule has 1 unspecified atom stereocenters. The van der Waals surface area contributed by atoms with Gasteiger partial charge in [-0.15, -0.1) is 0 Å². The number of likely N-dealkylation sites (N-methyl/N-ethyl adjacent to an activating group) is 1. The Morgan fingerprint density at radius 1 is 1.28 bits per heavy atom. The van der Waals surface area contributed by atoms with Gasteiger partial charge in [0, 0.05) is 31.1 Å². The molecular weight excluding hydrogens is 335 g/mol. The number of nitrogens with one attached hydrogen (secondary N) is 1. The summed E-state index contributed by atoms with van der Waals surface area (Å²) in [4.78, 5) is 10.6. The van der Waals surface area contributed by atoms with E-state index in [2.05, 4.69) is 20.2 Å². The minimum Gasteiger partial charge on any atom is -0.455 e. The first-order valence-electron chi connectivity index (χ1n) is 8.43. The molecule has 1 aliphatic heterocycles. The summed E-state index contributed by atoms with van der Waals surface area (Å²) in [6, 6.07) is 0.338. The normalized spacial score (nSPS) is 24.1. The van der Waals surface area contributed by atoms with E-state index >= 15 is 0 Å². The van der Waals surface area contributed by atoms with Crippen LogP contribution in [0.2, 0.25) is 0 Å². The maximum Gasteiger partial charge on any atom is 0.392 e. The lowest BCUT2D eigenvalue weighted by Gasteiger charge is -2.23. The molecular formula is C16H20F3N5O. The molecule has 9 heteroatoms. The van der Waals surface area contributed by atoms with Gasteiger partial charge in [-0.3, -0.25) is 0 Å². The number of anilines is 2. The number of hydrogen-bond donors (Lipinski definition) is 2. The maximum atomic E-state index is 13.1. The standard InChI is InChI=1S/C16H20F3N5O/c1-21-9-4-5-24(7-9)14-13-12(22-15(20)23-14)10-6-8(16(17,18)19)2-3-11(10)25-13/h8-9,21H,2-7H2,1H3,(H2,20,22,23)/t8?,9-/m1/s1. The van der Waals surface area contributed by atoms with Gasteiger partial charge in [0.1, 0.15) is 11.3 Å². The second-order valence-corrected chi connectivity index (χ2v) is 6.79. The molecule has 0 bridgehead atoms. The molecule has 25 heavy (non-hydrogen) atoms. The van der Waals surface area contributed by atoms with E-state index < -0.39 is 12.1 Å². The molecule has 2 aromatic rings. The van der Waals surface area contributed by atoms with Crippen LogP contribution in [-0.2, 0) is 12.8 Å². The fourth-order valence-corrected chi connectivity index (χ4v) is 3.82. The SMILES string of the molecule is CN[C@@H]1CCN(c2nc(N)nc3c4c(oc23)CCC(C(F)(F)F)C4)C1. The number of aromatic nitrogens is 2. The topological polar surface area (TPSA) is 80.2 Å². The van der Waals surface area contributed by atoms with Crippen LogP contribution in [0.3, 0.4) is 0 Å². The predicted molar refractivity (Wildman–Crippen MR) is 87.5 cm³/mol. The van der Waals surface area contributed by atoms with Crippen LogP contribution in [0.1, 0.15) is 24.2 Å². The minimum atomic E-state index is -4.21. The van der Waals surface area contributed by atoms with Crippen molar-refractivity contribution in [3.05, 3.63) is 11.3 Å². The summed E-state index contributed by atoms with van der Waals surface area (Å²) >= 11 is 0. The zero-order valence-corrected chi connectivity index (χ0v) is 13.9. The number of aryl methyl sites for hydroxylation is 1. The Balaban J connectivity index is 1.77. The van der Waals surface area contributed by atoms with Crippen LogP contribution >= 0.6 is 0 Å². The molecule has 3 heterocycles. The van der Waals surface area contributed by atoms with E-state index in [1.54, 1.807) is 0 Å². The van der Waals surface area contributed by atoms with Gasteiger partial charge in [0.05, 0.1) is 5.92 Å². The predicted octanol–water partition coefficient (Wildman–Crippen LogP) is 2.27. The smallest absolute Gasteiger partial charge is 0.392 e. The van der Waals surface area contributed by atoms with Gasteiger partial charge in [-0.1, -0.05) is 0 Å². The summed E-state index contributed by atoms with van der Waals surface area (Å²) in [6.45, 7) is 1.53. The van der Waals surface area contributed by atoms with Crippen molar-refractivity contribution in [2.75, 3.05) is 30.8 Å². The molecule has 2 atom stereocenters. The monoisotopic (exact) mass is 355 g/mol. The minimum absolute atomic E-state index is 0.0418. The number of nitrogens with zero attached hydrogens (tertiary/aromatic N) is 3. The van der Waals surface area contributed by atoms with Crippen molar-refractivity contribution in [3.63, 3.8) is 0 Å². The van der Waals surface area contributed by atoms with Gasteiger partial charge in [-0.05, 0) is 26.3 Å². The quantitative estimate of drug-likeness (QED) is 0.860. The van der Waals surface area contributed by atoms with Gasteiger partial charge in [0.25, 0.3) is 0 Å². The van der Waals surface area contributed by atoms with Gasteiger partial charge in [0.15, 0.2) is 11.4 Å². The maximum absolute atomic E-state index is 13.1. The number of furan rings is 1. The number of hydrogen-bond acceptors (Lipinski definition) is 6. The molecule has 1 fully saturated rings. The molecule has 0 amide bonds. The van der Waals surface area contributed by atoms with Crippen LogP contribution in [0.4, 0.5) is 24.9 Å². The second-order valence-electron chi connectivity index (χ2n) is 6.79. The fourth-order valence-electron chi connectivity index (χ4n) is 3.82. The van der Waals surface area contributed by atoms with Gasteiger partial charge in [0.2, 0.25) is 5.95 Å². The first-order chi connectivity index (χ1) is 11.9. The Morgan fingerprint density at radius 2 is 2.08 bits per heavy atom. The molecule has 0 radical (unpaired) electrons. The summed E-state index contributed by atoms with van der Waals surface area (Å²) < 4.78 is 45.3. The number of alkyl halides is 3. The van der Waals surface area contributed by atoms with E-state index in [0.717, 1.165) is 19.5 Å². The van der Waals surface area contributed by atoms with Crippen molar-refractivity contribution in [3.8, 4) is 0 Å². The number of fused-ring (bicyclic) bond motifs is 3. The lowest BCUT2D eigenvalue weighted by Crippen LogP contribution is -2.30. The Morgan fingerprint density at radius 3 is 2.76 bits per heavy atom. The van der Waals surface area contributed by atoms with Gasteiger partial charge in [-0.2, -0.15) is 18.2 Å². The van der Waals surface area contributed by atoms with E-state index in [1.165, 1.54) is 0 Å². The Hall–Kier alpha value is -2.03. The molecule has 0 saturated carbocycles. The van der Waals surface area contributed by atoms with Crippen molar-refractivity contribution >= 4 is 22.9 Å². The Kier molecular flexibility index (Phi) is 3.78. The highest BCUT2D eigenvalue weighted by atomic mass is 19.4. The van der Waals surface area contributed by atoms with E-state index in [-0.39, 0.29) is 25.2 Å². The first-order valence-corrected chi connectivity index (χ1v) is 8.43. The van der Waals surface area contributed by atoms with Crippen LogP contribution in [-0.4, -0.2) is 42.3 Å². The third kappa shape index (κ3) is 2.80. The average molecular weight is 355 g/mol. The van der Waals surface area contributed by atoms with Crippen LogP contribution in [0.15, 0.2) is 4.42 Å². The first kappa shape index (κ1) is 16.4. The van der Waals surface area contributed by atoms with Crippen molar-refractivity contribution in [2.45, 2.75) is 37.9 Å². The average Bonchev–Trinajstić information content (AvgIpc) is 3.17. The second kappa shape index (κ2) is 5.76. The third-order valence-corrected chi connectivity index (χ3v) is 5.24. The van der Waals surface area contributed by atoms with Crippen LogP contribution in [0.25, 0.3) is 11.1 Å². The van der Waals surface area contributed by atoms with Crippen molar-refractivity contribution in [1.29, 1.82) is 0 Å². The lowest BCUT2D eigenvalue weighted by atomic mass is 9.87. The van der Waals surface area contributed by atoms with Crippen molar-refractivity contribution in [1.82, 2.24) is 15.3 Å². The number of rotatable bonds is 2. The van der Waals surface area contributed by atoms with Crippen molar-refractivity contribution in [2.24, 2.45) is 5.92 Å². The van der Waals surface area contributed by atoms with E-state index in [0.29, 0.717) is 34.3 Å². The Labute approximate surface area is 142 Å². The summed E-state index contributed by atoms with van der Waals surface area (Å²) in [5, 5.41) is 3.23. The zero-order chi connectivity index (χ0) is 17.8. The van der Waals surface area contributed by atoms with E-state index in [1.807, 2.05) is 7.05 Å². The summed E-state index contributed by atoms with van der Waals surface area (Å²) in [5.41, 5.74) is 7.26. The molecule has 1 saturated heterocycles. The molecule has 3 N–H and O–H groups in total. The van der Waals surface area contributed by atoms with Gasteiger partial charge >= 0.3 is 6.18 Å². The molecule has 0 spiro atoms. The molecule has 0 aromatic carbocycles. The van der Waals surface area contributed by atoms with Crippen LogP contribution in [0, 0.1) is 5.92 Å². The fraction of sp³-hybridized carbons (Fsp3) is 0.625.